The summed E-state index contributed by atoms with van der Waals surface area (Å²) in [6.07, 6.45) is -0.658. The Kier molecular flexibility index (Phi) is 3.71. The van der Waals surface area contributed by atoms with Crippen LogP contribution in [0.15, 0.2) is 33.4 Å². The summed E-state index contributed by atoms with van der Waals surface area (Å²) in [4.78, 5) is 0.818. The smallest absolute Gasteiger partial charge is 0.116 e. The number of aliphatic hydroxyl groups is 1. The highest BCUT2D eigenvalue weighted by Gasteiger charge is 2.20. The SMILES string of the molecule is Cc1csc(C(O)c2csc3c(Br)cccc23)c1Cl. The Balaban J connectivity index is 2.14. The zero-order chi connectivity index (χ0) is 13.6. The van der Waals surface area contributed by atoms with Crippen molar-refractivity contribution in [2.45, 2.75) is 13.0 Å². The maximum atomic E-state index is 10.6. The van der Waals surface area contributed by atoms with Crippen molar-refractivity contribution in [3.63, 3.8) is 0 Å². The fraction of sp³-hybridized carbons (Fsp3) is 0.143. The minimum atomic E-state index is -0.658. The monoisotopic (exact) mass is 372 g/mol. The third kappa shape index (κ3) is 2.26. The molecule has 19 heavy (non-hydrogen) atoms. The van der Waals surface area contributed by atoms with E-state index in [1.165, 1.54) is 11.3 Å². The highest BCUT2D eigenvalue weighted by Crippen LogP contribution is 2.41. The van der Waals surface area contributed by atoms with Crippen LogP contribution in [-0.4, -0.2) is 5.11 Å². The molecule has 1 nitrogen and oxygen atoms in total. The van der Waals surface area contributed by atoms with E-state index in [0.29, 0.717) is 5.02 Å². The Labute approximate surface area is 132 Å². The molecule has 3 rings (SSSR count). The van der Waals surface area contributed by atoms with Crippen molar-refractivity contribution in [3.05, 3.63) is 54.5 Å². The molecule has 0 aliphatic carbocycles. The molecule has 0 fully saturated rings. The quantitative estimate of drug-likeness (QED) is 0.604. The van der Waals surface area contributed by atoms with Crippen LogP contribution in [0.2, 0.25) is 5.02 Å². The van der Waals surface area contributed by atoms with Gasteiger partial charge in [-0.05, 0) is 50.6 Å². The third-order valence-electron chi connectivity index (χ3n) is 3.05. The number of halogens is 2. The van der Waals surface area contributed by atoms with Crippen LogP contribution in [0.4, 0.5) is 0 Å². The Morgan fingerprint density at radius 2 is 2.05 bits per heavy atom. The summed E-state index contributed by atoms with van der Waals surface area (Å²) in [6.45, 7) is 1.96. The Hall–Kier alpha value is -0.390. The topological polar surface area (TPSA) is 20.2 Å². The number of thiophene rings is 2. The summed E-state index contributed by atoms with van der Waals surface area (Å²) in [5, 5.41) is 16.3. The molecule has 1 aromatic carbocycles. The van der Waals surface area contributed by atoms with E-state index in [1.54, 1.807) is 11.3 Å². The Morgan fingerprint density at radius 1 is 1.26 bits per heavy atom. The van der Waals surface area contributed by atoms with Crippen molar-refractivity contribution in [1.82, 2.24) is 0 Å². The van der Waals surface area contributed by atoms with Gasteiger partial charge in [-0.15, -0.1) is 22.7 Å². The lowest BCUT2D eigenvalue weighted by Crippen LogP contribution is -1.96. The van der Waals surface area contributed by atoms with Crippen LogP contribution >= 0.6 is 50.2 Å². The maximum Gasteiger partial charge on any atom is 0.116 e. The average molecular weight is 374 g/mol. The molecule has 0 bridgehead atoms. The lowest BCUT2D eigenvalue weighted by Gasteiger charge is -2.09. The van der Waals surface area contributed by atoms with E-state index in [1.807, 2.05) is 35.9 Å². The second-order valence-corrected chi connectivity index (χ2v) is 7.33. The lowest BCUT2D eigenvalue weighted by molar-refractivity contribution is 0.226. The van der Waals surface area contributed by atoms with E-state index in [4.69, 9.17) is 11.6 Å². The van der Waals surface area contributed by atoms with Gasteiger partial charge in [0.15, 0.2) is 0 Å². The first-order valence-corrected chi connectivity index (χ1v) is 8.59. The van der Waals surface area contributed by atoms with Crippen molar-refractivity contribution in [3.8, 4) is 0 Å². The van der Waals surface area contributed by atoms with Crippen LogP contribution in [0.5, 0.6) is 0 Å². The summed E-state index contributed by atoms with van der Waals surface area (Å²) in [7, 11) is 0. The first kappa shape index (κ1) is 13.6. The van der Waals surface area contributed by atoms with Gasteiger partial charge in [-0.3, -0.25) is 0 Å². The minimum absolute atomic E-state index is 0.658. The molecule has 0 amide bonds. The van der Waals surface area contributed by atoms with Crippen LogP contribution < -0.4 is 0 Å². The van der Waals surface area contributed by atoms with Gasteiger partial charge < -0.3 is 5.11 Å². The molecule has 0 spiro atoms. The molecule has 1 atom stereocenters. The van der Waals surface area contributed by atoms with Gasteiger partial charge in [0.1, 0.15) is 6.10 Å². The number of fused-ring (bicyclic) bond motifs is 1. The second kappa shape index (κ2) is 5.19. The van der Waals surface area contributed by atoms with Gasteiger partial charge in [0.05, 0.1) is 9.90 Å². The van der Waals surface area contributed by atoms with Gasteiger partial charge in [-0.2, -0.15) is 0 Å². The largest absolute Gasteiger partial charge is 0.383 e. The highest BCUT2D eigenvalue weighted by molar-refractivity contribution is 9.10. The van der Waals surface area contributed by atoms with Crippen LogP contribution in [-0.2, 0) is 0 Å². The number of rotatable bonds is 2. The van der Waals surface area contributed by atoms with Crippen molar-refractivity contribution in [2.24, 2.45) is 0 Å². The molecule has 0 aliphatic rings. The van der Waals surface area contributed by atoms with E-state index in [-0.39, 0.29) is 0 Å². The molecule has 3 aromatic rings. The number of hydrogen-bond donors (Lipinski definition) is 1. The van der Waals surface area contributed by atoms with Crippen molar-refractivity contribution >= 4 is 60.3 Å². The molecule has 0 saturated heterocycles. The lowest BCUT2D eigenvalue weighted by atomic mass is 10.1. The van der Waals surface area contributed by atoms with Gasteiger partial charge in [-0.1, -0.05) is 23.7 Å². The zero-order valence-electron chi connectivity index (χ0n) is 9.98. The molecule has 2 heterocycles. The second-order valence-electron chi connectivity index (χ2n) is 4.31. The molecular weight excluding hydrogens is 364 g/mol. The van der Waals surface area contributed by atoms with Crippen molar-refractivity contribution < 1.29 is 5.11 Å². The summed E-state index contributed by atoms with van der Waals surface area (Å²) in [5.74, 6) is 0. The predicted octanol–water partition coefficient (Wildman–Crippen LogP) is 5.77. The number of aliphatic hydroxyl groups excluding tert-OH is 1. The molecular formula is C14H10BrClOS2. The predicted molar refractivity (Wildman–Crippen MR) is 87.7 cm³/mol. The fourth-order valence-electron chi connectivity index (χ4n) is 2.03. The molecule has 98 valence electrons. The molecule has 0 aliphatic heterocycles. The minimum Gasteiger partial charge on any atom is -0.383 e. The Bertz CT molecular complexity index is 747. The number of hydrogen-bond acceptors (Lipinski definition) is 3. The van der Waals surface area contributed by atoms with E-state index in [2.05, 4.69) is 15.9 Å². The fourth-order valence-corrected chi connectivity index (χ4v) is 4.97. The molecule has 5 heteroatoms. The standard InChI is InChI=1S/C14H10BrClOS2/c1-7-5-18-14(11(7)16)12(17)9-6-19-13-8(9)3-2-4-10(13)15/h2-6,12,17H,1H3. The van der Waals surface area contributed by atoms with E-state index in [9.17, 15) is 5.11 Å². The maximum absolute atomic E-state index is 10.6. The number of aryl methyl sites for hydroxylation is 1. The molecule has 0 radical (unpaired) electrons. The summed E-state index contributed by atoms with van der Waals surface area (Å²) >= 11 is 12.9. The molecule has 1 unspecified atom stereocenters. The average Bonchev–Trinajstić information content (AvgIpc) is 2.96. The van der Waals surface area contributed by atoms with Crippen LogP contribution in [0.25, 0.3) is 10.1 Å². The van der Waals surface area contributed by atoms with Crippen LogP contribution in [0.1, 0.15) is 22.1 Å². The molecule has 0 saturated carbocycles. The van der Waals surface area contributed by atoms with Gasteiger partial charge in [0.25, 0.3) is 0 Å². The van der Waals surface area contributed by atoms with Gasteiger partial charge >= 0.3 is 0 Å². The van der Waals surface area contributed by atoms with Crippen molar-refractivity contribution in [2.75, 3.05) is 0 Å². The normalized spacial score (nSPS) is 13.1. The van der Waals surface area contributed by atoms with Gasteiger partial charge in [0, 0.05) is 14.7 Å². The van der Waals surface area contributed by atoms with Crippen molar-refractivity contribution in [1.29, 1.82) is 0 Å². The van der Waals surface area contributed by atoms with Crippen LogP contribution in [0.3, 0.4) is 0 Å². The summed E-state index contributed by atoms with van der Waals surface area (Å²) < 4.78 is 2.21. The highest BCUT2D eigenvalue weighted by atomic mass is 79.9. The van der Waals surface area contributed by atoms with Gasteiger partial charge in [0.2, 0.25) is 0 Å². The molecule has 2 aromatic heterocycles. The van der Waals surface area contributed by atoms with Crippen LogP contribution in [0, 0.1) is 6.92 Å². The first-order valence-electron chi connectivity index (χ1n) is 5.66. The van der Waals surface area contributed by atoms with E-state index in [0.717, 1.165) is 30.6 Å². The van der Waals surface area contributed by atoms with E-state index >= 15 is 0 Å². The third-order valence-corrected chi connectivity index (χ3v) is 6.79. The number of benzene rings is 1. The summed E-state index contributed by atoms with van der Waals surface area (Å²) in [5.41, 5.74) is 1.94. The van der Waals surface area contributed by atoms with E-state index < -0.39 is 6.10 Å². The first-order chi connectivity index (χ1) is 9.09. The summed E-state index contributed by atoms with van der Waals surface area (Å²) in [6, 6.07) is 6.03. The Morgan fingerprint density at radius 3 is 2.74 bits per heavy atom. The zero-order valence-corrected chi connectivity index (χ0v) is 14.0. The van der Waals surface area contributed by atoms with Gasteiger partial charge in [-0.25, -0.2) is 0 Å². The molecule has 1 N–H and O–H groups in total.